The average molecular weight is 293 g/mol. The minimum absolute atomic E-state index is 0.215. The zero-order valence-corrected chi connectivity index (χ0v) is 11.8. The molecule has 0 radical (unpaired) electrons. The molecule has 2 aromatic rings. The predicted molar refractivity (Wildman–Crippen MR) is 73.2 cm³/mol. The van der Waals surface area contributed by atoms with E-state index in [1.54, 1.807) is 18.3 Å². The van der Waals surface area contributed by atoms with E-state index in [-0.39, 0.29) is 11.8 Å². The summed E-state index contributed by atoms with van der Waals surface area (Å²) in [4.78, 5) is 14.0. The summed E-state index contributed by atoms with van der Waals surface area (Å²) >= 11 is 1.56. The van der Waals surface area contributed by atoms with Gasteiger partial charge in [0.2, 0.25) is 5.89 Å². The van der Waals surface area contributed by atoms with Crippen LogP contribution < -0.4 is 0 Å². The first-order valence-corrected chi connectivity index (χ1v) is 7.33. The number of hydrogen-bond donors (Lipinski definition) is 1. The van der Waals surface area contributed by atoms with Crippen molar-refractivity contribution in [2.45, 2.75) is 13.5 Å². The third kappa shape index (κ3) is 2.59. The van der Waals surface area contributed by atoms with E-state index in [2.05, 4.69) is 15.1 Å². The molecule has 6 nitrogen and oxygen atoms in total. The Morgan fingerprint density at radius 1 is 1.60 bits per heavy atom. The minimum atomic E-state index is -0.729. The molecule has 0 saturated carbocycles. The molecule has 1 fully saturated rings. The van der Waals surface area contributed by atoms with Crippen LogP contribution in [0.3, 0.4) is 0 Å². The lowest BCUT2D eigenvalue weighted by Crippen LogP contribution is -2.50. The van der Waals surface area contributed by atoms with Crippen LogP contribution in [0, 0.1) is 11.8 Å². The molecule has 3 rings (SSSR count). The summed E-state index contributed by atoms with van der Waals surface area (Å²) in [6.07, 6.45) is 0. The van der Waals surface area contributed by atoms with Crippen molar-refractivity contribution in [2.24, 2.45) is 11.8 Å². The Morgan fingerprint density at radius 3 is 3.05 bits per heavy atom. The molecule has 0 bridgehead atoms. The van der Waals surface area contributed by atoms with E-state index >= 15 is 0 Å². The number of rotatable bonds is 5. The van der Waals surface area contributed by atoms with Gasteiger partial charge in [-0.1, -0.05) is 13.0 Å². The molecule has 1 aliphatic rings. The summed E-state index contributed by atoms with van der Waals surface area (Å²) in [5, 5.41) is 19.0. The van der Waals surface area contributed by atoms with Crippen molar-refractivity contribution in [3.63, 3.8) is 0 Å². The molecule has 0 amide bonds. The molecule has 1 aliphatic heterocycles. The largest absolute Gasteiger partial charge is 0.481 e. The number of carboxylic acid groups (broad SMARTS) is 1. The SMILES string of the molecule is CC(C(=O)O)C1CN(Cc2nnc(-c3cccs3)o2)C1. The van der Waals surface area contributed by atoms with Gasteiger partial charge in [-0.3, -0.25) is 9.69 Å². The number of thiophene rings is 1. The number of aromatic nitrogens is 2. The molecule has 2 aromatic heterocycles. The highest BCUT2D eigenvalue weighted by atomic mass is 32.1. The lowest BCUT2D eigenvalue weighted by molar-refractivity contribution is -0.145. The van der Waals surface area contributed by atoms with Crippen LogP contribution >= 0.6 is 11.3 Å². The molecular formula is C13H15N3O3S. The van der Waals surface area contributed by atoms with E-state index in [9.17, 15) is 4.79 Å². The molecule has 106 valence electrons. The molecule has 3 heterocycles. The fraction of sp³-hybridized carbons (Fsp3) is 0.462. The summed E-state index contributed by atoms with van der Waals surface area (Å²) in [7, 11) is 0. The van der Waals surface area contributed by atoms with Crippen LogP contribution in [0.1, 0.15) is 12.8 Å². The van der Waals surface area contributed by atoms with E-state index in [1.165, 1.54) is 0 Å². The first-order valence-electron chi connectivity index (χ1n) is 6.45. The highest BCUT2D eigenvalue weighted by Crippen LogP contribution is 2.27. The van der Waals surface area contributed by atoms with Crippen molar-refractivity contribution < 1.29 is 14.3 Å². The third-order valence-electron chi connectivity index (χ3n) is 3.64. The van der Waals surface area contributed by atoms with Gasteiger partial charge in [-0.15, -0.1) is 21.5 Å². The van der Waals surface area contributed by atoms with E-state index in [0.29, 0.717) is 18.3 Å². The average Bonchev–Trinajstić information content (AvgIpc) is 3.02. The molecule has 7 heteroatoms. The van der Waals surface area contributed by atoms with E-state index in [4.69, 9.17) is 9.52 Å². The van der Waals surface area contributed by atoms with Gasteiger partial charge in [0.15, 0.2) is 0 Å². The van der Waals surface area contributed by atoms with Gasteiger partial charge in [0.25, 0.3) is 5.89 Å². The van der Waals surface area contributed by atoms with Crippen molar-refractivity contribution >= 4 is 17.3 Å². The number of hydrogen-bond acceptors (Lipinski definition) is 6. The number of carbonyl (C=O) groups is 1. The van der Waals surface area contributed by atoms with Crippen LogP contribution in [0.2, 0.25) is 0 Å². The first-order chi connectivity index (χ1) is 9.63. The predicted octanol–water partition coefficient (Wildman–Crippen LogP) is 1.95. The summed E-state index contributed by atoms with van der Waals surface area (Å²) in [5.74, 6) is 0.316. The molecule has 0 spiro atoms. The third-order valence-corrected chi connectivity index (χ3v) is 4.50. The fourth-order valence-corrected chi connectivity index (χ4v) is 2.91. The highest BCUT2D eigenvalue weighted by molar-refractivity contribution is 7.13. The summed E-state index contributed by atoms with van der Waals surface area (Å²) in [6, 6.07) is 3.88. The lowest BCUT2D eigenvalue weighted by atomic mass is 9.87. The maximum absolute atomic E-state index is 10.9. The Kier molecular flexibility index (Phi) is 3.54. The second-order valence-electron chi connectivity index (χ2n) is 5.06. The van der Waals surface area contributed by atoms with E-state index in [1.807, 2.05) is 17.5 Å². The van der Waals surface area contributed by atoms with E-state index < -0.39 is 5.97 Å². The van der Waals surface area contributed by atoms with Crippen LogP contribution in [0.25, 0.3) is 10.8 Å². The second kappa shape index (κ2) is 5.34. The Morgan fingerprint density at radius 2 is 2.40 bits per heavy atom. The molecular weight excluding hydrogens is 278 g/mol. The molecule has 1 atom stereocenters. The van der Waals surface area contributed by atoms with Gasteiger partial charge < -0.3 is 9.52 Å². The molecule has 1 saturated heterocycles. The molecule has 20 heavy (non-hydrogen) atoms. The Labute approximate surface area is 120 Å². The lowest BCUT2D eigenvalue weighted by Gasteiger charge is -2.40. The van der Waals surface area contributed by atoms with Crippen molar-refractivity contribution in [3.05, 3.63) is 23.4 Å². The smallest absolute Gasteiger partial charge is 0.306 e. The van der Waals surface area contributed by atoms with Crippen LogP contribution in [-0.2, 0) is 11.3 Å². The summed E-state index contributed by atoms with van der Waals surface area (Å²) in [5.41, 5.74) is 0. The number of carboxylic acids is 1. The van der Waals surface area contributed by atoms with Crippen molar-refractivity contribution in [3.8, 4) is 10.8 Å². The van der Waals surface area contributed by atoms with Gasteiger partial charge in [-0.2, -0.15) is 0 Å². The molecule has 1 N–H and O–H groups in total. The number of likely N-dealkylation sites (tertiary alicyclic amines) is 1. The fourth-order valence-electron chi connectivity index (χ4n) is 2.27. The summed E-state index contributed by atoms with van der Waals surface area (Å²) < 4.78 is 5.61. The van der Waals surface area contributed by atoms with Crippen molar-refractivity contribution in [1.82, 2.24) is 15.1 Å². The highest BCUT2D eigenvalue weighted by Gasteiger charge is 2.35. The standard InChI is InChI=1S/C13H15N3O3S/c1-8(13(17)18)9-5-16(6-9)7-11-14-15-12(19-11)10-3-2-4-20-10/h2-4,8-9H,5-7H2,1H3,(H,17,18). The first kappa shape index (κ1) is 13.3. The van der Waals surface area contributed by atoms with Gasteiger partial charge in [-0.05, 0) is 17.4 Å². The minimum Gasteiger partial charge on any atom is -0.481 e. The van der Waals surface area contributed by atoms with Crippen molar-refractivity contribution in [1.29, 1.82) is 0 Å². The van der Waals surface area contributed by atoms with Gasteiger partial charge in [-0.25, -0.2) is 0 Å². The zero-order chi connectivity index (χ0) is 14.1. The quantitative estimate of drug-likeness (QED) is 0.907. The molecule has 1 unspecified atom stereocenters. The topological polar surface area (TPSA) is 79.5 Å². The van der Waals surface area contributed by atoms with Gasteiger partial charge >= 0.3 is 5.97 Å². The van der Waals surface area contributed by atoms with Crippen molar-refractivity contribution in [2.75, 3.05) is 13.1 Å². The zero-order valence-electron chi connectivity index (χ0n) is 11.0. The van der Waals surface area contributed by atoms with E-state index in [0.717, 1.165) is 18.0 Å². The summed E-state index contributed by atoms with van der Waals surface area (Å²) in [6.45, 7) is 3.88. The monoisotopic (exact) mass is 293 g/mol. The number of nitrogens with zero attached hydrogens (tertiary/aromatic N) is 3. The Bertz CT molecular complexity index is 590. The van der Waals surface area contributed by atoms with Gasteiger partial charge in [0, 0.05) is 13.1 Å². The second-order valence-corrected chi connectivity index (χ2v) is 6.01. The van der Waals surface area contributed by atoms with Crippen LogP contribution in [0.5, 0.6) is 0 Å². The van der Waals surface area contributed by atoms with Crippen LogP contribution in [0.15, 0.2) is 21.9 Å². The normalized spacial score (nSPS) is 17.9. The Hall–Kier alpha value is -1.73. The van der Waals surface area contributed by atoms with Gasteiger partial charge in [0.1, 0.15) is 0 Å². The molecule has 0 aliphatic carbocycles. The van der Waals surface area contributed by atoms with Gasteiger partial charge in [0.05, 0.1) is 17.3 Å². The Balaban J connectivity index is 1.55. The van der Waals surface area contributed by atoms with Crippen LogP contribution in [-0.4, -0.2) is 39.3 Å². The van der Waals surface area contributed by atoms with Crippen LogP contribution in [0.4, 0.5) is 0 Å². The maximum Gasteiger partial charge on any atom is 0.306 e. The maximum atomic E-state index is 10.9. The molecule has 0 aromatic carbocycles. The number of aliphatic carboxylic acids is 1.